The molecule has 0 saturated heterocycles. The molecule has 0 spiro atoms. The highest BCUT2D eigenvalue weighted by Gasteiger charge is 2.12. The number of para-hydroxylation sites is 1. The minimum Gasteiger partial charge on any atom is -0.378 e. The van der Waals surface area contributed by atoms with Gasteiger partial charge in [-0.1, -0.05) is 35.3 Å². The molecule has 1 aromatic carbocycles. The van der Waals surface area contributed by atoms with Gasteiger partial charge >= 0.3 is 0 Å². The van der Waals surface area contributed by atoms with E-state index in [4.69, 9.17) is 23.2 Å². The number of pyridine rings is 2. The number of rotatable bonds is 5. The molecule has 3 rings (SSSR count). The molecule has 126 valence electrons. The lowest BCUT2D eigenvalue weighted by Crippen LogP contribution is -2.14. The number of halogens is 2. The fourth-order valence-corrected chi connectivity index (χ4v) is 2.61. The van der Waals surface area contributed by atoms with Crippen LogP contribution in [0.2, 0.25) is 10.0 Å². The van der Waals surface area contributed by atoms with Gasteiger partial charge in [-0.3, -0.25) is 9.78 Å². The third-order valence-corrected chi connectivity index (χ3v) is 4.03. The third kappa shape index (κ3) is 4.47. The van der Waals surface area contributed by atoms with Crippen molar-refractivity contribution in [2.24, 2.45) is 0 Å². The van der Waals surface area contributed by atoms with E-state index in [1.165, 1.54) is 0 Å². The van der Waals surface area contributed by atoms with Crippen molar-refractivity contribution in [3.05, 3.63) is 82.4 Å². The third-order valence-electron chi connectivity index (χ3n) is 3.40. The standard InChI is InChI=1S/C18H14Cl2N4O/c19-14-5-3-6-15(20)17(14)24-18(25)16-8-7-13(11-23-16)22-10-12-4-1-2-9-21-12/h1-9,11,22H,10H2,(H,24,25). The number of carbonyl (C=O) groups is 1. The Hall–Kier alpha value is -2.63. The smallest absolute Gasteiger partial charge is 0.274 e. The number of nitrogens with one attached hydrogen (secondary N) is 2. The Balaban J connectivity index is 1.64. The van der Waals surface area contributed by atoms with Crippen molar-refractivity contribution in [2.75, 3.05) is 10.6 Å². The molecular formula is C18H14Cl2N4O. The van der Waals surface area contributed by atoms with Crippen LogP contribution < -0.4 is 10.6 Å². The summed E-state index contributed by atoms with van der Waals surface area (Å²) in [6.45, 7) is 0.573. The van der Waals surface area contributed by atoms with E-state index in [0.29, 0.717) is 22.3 Å². The average Bonchev–Trinajstić information content (AvgIpc) is 2.64. The largest absolute Gasteiger partial charge is 0.378 e. The Morgan fingerprint density at radius 3 is 2.40 bits per heavy atom. The van der Waals surface area contributed by atoms with Crippen LogP contribution in [0.1, 0.15) is 16.2 Å². The highest BCUT2D eigenvalue weighted by atomic mass is 35.5. The molecule has 0 atom stereocenters. The summed E-state index contributed by atoms with van der Waals surface area (Å²) in [6, 6.07) is 14.1. The SMILES string of the molecule is O=C(Nc1c(Cl)cccc1Cl)c1ccc(NCc2ccccn2)cn1. The molecular weight excluding hydrogens is 359 g/mol. The molecule has 0 bridgehead atoms. The number of benzene rings is 1. The van der Waals surface area contributed by atoms with E-state index in [9.17, 15) is 4.79 Å². The lowest BCUT2D eigenvalue weighted by atomic mass is 10.2. The van der Waals surface area contributed by atoms with Crippen molar-refractivity contribution in [3.63, 3.8) is 0 Å². The van der Waals surface area contributed by atoms with E-state index in [1.807, 2.05) is 18.2 Å². The quantitative estimate of drug-likeness (QED) is 0.683. The zero-order valence-corrected chi connectivity index (χ0v) is 14.6. The van der Waals surface area contributed by atoms with Gasteiger partial charge < -0.3 is 10.6 Å². The number of hydrogen-bond acceptors (Lipinski definition) is 4. The number of hydrogen-bond donors (Lipinski definition) is 2. The molecule has 2 N–H and O–H groups in total. The zero-order chi connectivity index (χ0) is 17.6. The Morgan fingerprint density at radius 2 is 1.76 bits per heavy atom. The molecule has 25 heavy (non-hydrogen) atoms. The Labute approximate surface area is 155 Å². The minimum atomic E-state index is -0.383. The van der Waals surface area contributed by atoms with Crippen LogP contribution in [0.15, 0.2) is 60.9 Å². The maximum Gasteiger partial charge on any atom is 0.274 e. The van der Waals surface area contributed by atoms with E-state index in [1.54, 1.807) is 42.7 Å². The normalized spacial score (nSPS) is 10.3. The van der Waals surface area contributed by atoms with Crippen molar-refractivity contribution < 1.29 is 4.79 Å². The lowest BCUT2D eigenvalue weighted by molar-refractivity contribution is 0.102. The number of nitrogens with zero attached hydrogens (tertiary/aromatic N) is 2. The van der Waals surface area contributed by atoms with Gasteiger partial charge in [0.25, 0.3) is 5.91 Å². The highest BCUT2D eigenvalue weighted by molar-refractivity contribution is 6.39. The van der Waals surface area contributed by atoms with Gasteiger partial charge in [-0.25, -0.2) is 4.98 Å². The van der Waals surface area contributed by atoms with E-state index in [0.717, 1.165) is 11.4 Å². The Bertz CT molecular complexity index is 850. The Morgan fingerprint density at radius 1 is 0.960 bits per heavy atom. The second kappa shape index (κ2) is 7.96. The molecule has 0 saturated carbocycles. The van der Waals surface area contributed by atoms with Crippen molar-refractivity contribution in [1.29, 1.82) is 0 Å². The molecule has 0 aliphatic carbocycles. The van der Waals surface area contributed by atoms with Crippen molar-refractivity contribution in [2.45, 2.75) is 6.54 Å². The van der Waals surface area contributed by atoms with Crippen LogP contribution in [0.3, 0.4) is 0 Å². The van der Waals surface area contributed by atoms with Crippen molar-refractivity contribution in [1.82, 2.24) is 9.97 Å². The van der Waals surface area contributed by atoms with Crippen LogP contribution in [-0.2, 0) is 6.54 Å². The van der Waals surface area contributed by atoms with Crippen LogP contribution in [0.4, 0.5) is 11.4 Å². The van der Waals surface area contributed by atoms with Gasteiger partial charge in [0.15, 0.2) is 0 Å². The second-order valence-corrected chi connectivity index (χ2v) is 5.97. The second-order valence-electron chi connectivity index (χ2n) is 5.16. The molecule has 0 fully saturated rings. The lowest BCUT2D eigenvalue weighted by Gasteiger charge is -2.09. The number of carbonyl (C=O) groups excluding carboxylic acids is 1. The van der Waals surface area contributed by atoms with E-state index >= 15 is 0 Å². The number of anilines is 2. The maximum atomic E-state index is 12.3. The predicted octanol–water partition coefficient (Wildman–Crippen LogP) is 4.65. The van der Waals surface area contributed by atoms with E-state index in [2.05, 4.69) is 20.6 Å². The summed E-state index contributed by atoms with van der Waals surface area (Å²) in [4.78, 5) is 20.7. The monoisotopic (exact) mass is 372 g/mol. The molecule has 3 aromatic rings. The first-order valence-corrected chi connectivity index (χ1v) is 8.24. The molecule has 1 amide bonds. The van der Waals surface area contributed by atoms with Crippen LogP contribution in [0.25, 0.3) is 0 Å². The van der Waals surface area contributed by atoms with Gasteiger partial charge in [0.1, 0.15) is 5.69 Å². The summed E-state index contributed by atoms with van der Waals surface area (Å²) in [5.41, 5.74) is 2.34. The van der Waals surface area contributed by atoms with Crippen LogP contribution in [0, 0.1) is 0 Å². The number of amides is 1. The van der Waals surface area contributed by atoms with Gasteiger partial charge in [0.05, 0.1) is 39.9 Å². The van der Waals surface area contributed by atoms with Crippen LogP contribution in [0.5, 0.6) is 0 Å². The zero-order valence-electron chi connectivity index (χ0n) is 13.0. The van der Waals surface area contributed by atoms with Crippen LogP contribution in [-0.4, -0.2) is 15.9 Å². The minimum absolute atomic E-state index is 0.263. The fourth-order valence-electron chi connectivity index (χ4n) is 2.12. The van der Waals surface area contributed by atoms with Crippen molar-refractivity contribution >= 4 is 40.5 Å². The first-order valence-electron chi connectivity index (χ1n) is 7.48. The summed E-state index contributed by atoms with van der Waals surface area (Å²) in [6.07, 6.45) is 3.33. The topological polar surface area (TPSA) is 66.9 Å². The van der Waals surface area contributed by atoms with Gasteiger partial charge in [-0.05, 0) is 36.4 Å². The predicted molar refractivity (Wildman–Crippen MR) is 100 cm³/mol. The van der Waals surface area contributed by atoms with Crippen LogP contribution >= 0.6 is 23.2 Å². The van der Waals surface area contributed by atoms with Gasteiger partial charge in [-0.15, -0.1) is 0 Å². The molecule has 2 heterocycles. The molecule has 0 radical (unpaired) electrons. The number of aromatic nitrogens is 2. The van der Waals surface area contributed by atoms with E-state index < -0.39 is 0 Å². The van der Waals surface area contributed by atoms with Crippen molar-refractivity contribution in [3.8, 4) is 0 Å². The Kier molecular flexibility index (Phi) is 5.48. The molecule has 2 aromatic heterocycles. The summed E-state index contributed by atoms with van der Waals surface area (Å²) in [5.74, 6) is -0.383. The first kappa shape index (κ1) is 17.2. The first-order chi connectivity index (χ1) is 12.1. The fraction of sp³-hybridized carbons (Fsp3) is 0.0556. The highest BCUT2D eigenvalue weighted by Crippen LogP contribution is 2.30. The summed E-state index contributed by atoms with van der Waals surface area (Å²) in [7, 11) is 0. The van der Waals surface area contributed by atoms with Gasteiger partial charge in [-0.2, -0.15) is 0 Å². The van der Waals surface area contributed by atoms with Gasteiger partial charge in [0, 0.05) is 6.20 Å². The summed E-state index contributed by atoms with van der Waals surface area (Å²) >= 11 is 12.1. The molecule has 7 heteroatoms. The maximum absolute atomic E-state index is 12.3. The molecule has 0 aliphatic heterocycles. The summed E-state index contributed by atoms with van der Waals surface area (Å²) in [5, 5.41) is 6.61. The molecule has 0 aliphatic rings. The van der Waals surface area contributed by atoms with Gasteiger partial charge in [0.2, 0.25) is 0 Å². The molecule has 0 unspecified atom stereocenters. The molecule has 5 nitrogen and oxygen atoms in total. The van der Waals surface area contributed by atoms with E-state index in [-0.39, 0.29) is 11.6 Å². The summed E-state index contributed by atoms with van der Waals surface area (Å²) < 4.78 is 0. The average molecular weight is 373 g/mol.